The Morgan fingerprint density at radius 3 is 2.78 bits per heavy atom. The first-order chi connectivity index (χ1) is 13.1. The number of nitrogens with one attached hydrogen (secondary N) is 1. The van der Waals surface area contributed by atoms with E-state index >= 15 is 0 Å². The van der Waals surface area contributed by atoms with Gasteiger partial charge in [0.05, 0.1) is 0 Å². The molecule has 4 rings (SSSR count). The van der Waals surface area contributed by atoms with Gasteiger partial charge in [-0.25, -0.2) is 4.79 Å². The topological polar surface area (TPSA) is 69.7 Å². The Morgan fingerprint density at radius 1 is 1.15 bits per heavy atom. The molecule has 4 amide bonds. The van der Waals surface area contributed by atoms with Gasteiger partial charge in [-0.05, 0) is 41.7 Å². The van der Waals surface area contributed by atoms with Crippen LogP contribution in [0.3, 0.4) is 0 Å². The Labute approximate surface area is 157 Å². The van der Waals surface area contributed by atoms with Crippen molar-refractivity contribution in [1.82, 2.24) is 15.1 Å². The van der Waals surface area contributed by atoms with Crippen LogP contribution in [0.15, 0.2) is 48.5 Å². The molecule has 138 valence electrons. The fourth-order valence-corrected chi connectivity index (χ4v) is 3.90. The van der Waals surface area contributed by atoms with Crippen LogP contribution in [-0.2, 0) is 17.6 Å². The highest BCUT2D eigenvalue weighted by atomic mass is 16.2. The molecule has 2 heterocycles. The van der Waals surface area contributed by atoms with Crippen LogP contribution in [0.2, 0.25) is 0 Å². The molecule has 1 N–H and O–H groups in total. The van der Waals surface area contributed by atoms with E-state index in [9.17, 15) is 14.4 Å². The lowest BCUT2D eigenvalue weighted by Gasteiger charge is -2.28. The molecular weight excluding hydrogens is 342 g/mol. The van der Waals surface area contributed by atoms with E-state index in [4.69, 9.17) is 0 Å². The van der Waals surface area contributed by atoms with E-state index in [-0.39, 0.29) is 17.8 Å². The van der Waals surface area contributed by atoms with Gasteiger partial charge in [-0.2, -0.15) is 0 Å². The highest BCUT2D eigenvalue weighted by Crippen LogP contribution is 2.36. The Balaban J connectivity index is 1.52. The quantitative estimate of drug-likeness (QED) is 0.847. The molecule has 27 heavy (non-hydrogen) atoms. The fourth-order valence-electron chi connectivity index (χ4n) is 3.90. The number of fused-ring (bicyclic) bond motifs is 3. The minimum Gasteiger partial charge on any atom is -0.355 e. The highest BCUT2D eigenvalue weighted by molar-refractivity contribution is 6.05. The van der Waals surface area contributed by atoms with Crippen molar-refractivity contribution in [3.05, 3.63) is 70.8 Å². The molecule has 0 spiro atoms. The molecule has 0 aliphatic carbocycles. The molecule has 0 saturated carbocycles. The van der Waals surface area contributed by atoms with Crippen molar-refractivity contribution in [2.75, 3.05) is 20.1 Å². The summed E-state index contributed by atoms with van der Waals surface area (Å²) in [4.78, 5) is 40.5. The van der Waals surface area contributed by atoms with Gasteiger partial charge < -0.3 is 10.2 Å². The van der Waals surface area contributed by atoms with Gasteiger partial charge in [0.15, 0.2) is 0 Å². The summed E-state index contributed by atoms with van der Waals surface area (Å²) in [7, 11) is 1.59. The SMILES string of the molecule is CNC(=O)c1cccc(CCN2C(=O)C3c4ccccc4CCN3C2=O)c1. The third kappa shape index (κ3) is 2.97. The second-order valence-electron chi connectivity index (χ2n) is 6.85. The molecule has 2 aromatic rings. The zero-order valence-corrected chi connectivity index (χ0v) is 15.1. The molecule has 6 heteroatoms. The standard InChI is InChI=1S/C21H21N3O3/c1-22-19(25)16-7-4-5-14(13-16)9-11-24-20(26)18-17-8-3-2-6-15(17)10-12-23(18)21(24)27/h2-8,13,18H,9-12H2,1H3,(H,22,25). The molecule has 1 atom stereocenters. The Hall–Kier alpha value is -3.15. The summed E-state index contributed by atoms with van der Waals surface area (Å²) in [5.74, 6) is -0.312. The Bertz CT molecular complexity index is 924. The molecule has 2 aliphatic rings. The smallest absolute Gasteiger partial charge is 0.327 e. The monoisotopic (exact) mass is 363 g/mol. The van der Waals surface area contributed by atoms with Crippen LogP contribution < -0.4 is 5.32 Å². The molecule has 1 fully saturated rings. The number of hydrogen-bond acceptors (Lipinski definition) is 3. The second-order valence-corrected chi connectivity index (χ2v) is 6.85. The average Bonchev–Trinajstić information content (AvgIpc) is 2.96. The van der Waals surface area contributed by atoms with Gasteiger partial charge in [-0.15, -0.1) is 0 Å². The van der Waals surface area contributed by atoms with Crippen LogP contribution >= 0.6 is 0 Å². The molecule has 1 saturated heterocycles. The van der Waals surface area contributed by atoms with Crippen LogP contribution in [0.1, 0.15) is 33.1 Å². The van der Waals surface area contributed by atoms with E-state index in [2.05, 4.69) is 5.32 Å². The normalized spacial score (nSPS) is 18.3. The lowest BCUT2D eigenvalue weighted by Crippen LogP contribution is -2.37. The first kappa shape index (κ1) is 17.3. The summed E-state index contributed by atoms with van der Waals surface area (Å²) in [6, 6.07) is 14.4. The van der Waals surface area contributed by atoms with Crippen molar-refractivity contribution in [3.8, 4) is 0 Å². The summed E-state index contributed by atoms with van der Waals surface area (Å²) in [5, 5.41) is 2.60. The fraction of sp³-hybridized carbons (Fsp3) is 0.286. The van der Waals surface area contributed by atoms with Gasteiger partial charge in [0, 0.05) is 25.7 Å². The van der Waals surface area contributed by atoms with E-state index in [0.29, 0.717) is 25.1 Å². The first-order valence-corrected chi connectivity index (χ1v) is 9.11. The maximum atomic E-state index is 13.0. The number of carbonyl (C=O) groups excluding carboxylic acids is 3. The van der Waals surface area contributed by atoms with Crippen molar-refractivity contribution < 1.29 is 14.4 Å². The maximum Gasteiger partial charge on any atom is 0.327 e. The number of carbonyl (C=O) groups is 3. The van der Waals surface area contributed by atoms with Crippen LogP contribution in [0, 0.1) is 0 Å². The number of urea groups is 1. The third-order valence-electron chi connectivity index (χ3n) is 5.30. The van der Waals surface area contributed by atoms with E-state index in [1.165, 1.54) is 4.90 Å². The third-order valence-corrected chi connectivity index (χ3v) is 5.30. The number of benzene rings is 2. The summed E-state index contributed by atoms with van der Waals surface area (Å²) in [6.07, 6.45) is 1.29. The van der Waals surface area contributed by atoms with Crippen molar-refractivity contribution >= 4 is 17.8 Å². The molecule has 6 nitrogen and oxygen atoms in total. The lowest BCUT2D eigenvalue weighted by molar-refractivity contribution is -0.128. The van der Waals surface area contributed by atoms with Gasteiger partial charge in [0.1, 0.15) is 6.04 Å². The van der Waals surface area contributed by atoms with Gasteiger partial charge >= 0.3 is 6.03 Å². The molecule has 0 aromatic heterocycles. The summed E-state index contributed by atoms with van der Waals surface area (Å²) in [5.41, 5.74) is 3.56. The number of nitrogens with zero attached hydrogens (tertiary/aromatic N) is 2. The van der Waals surface area contributed by atoms with Gasteiger partial charge in [-0.3, -0.25) is 14.5 Å². The van der Waals surface area contributed by atoms with Crippen molar-refractivity contribution in [2.45, 2.75) is 18.9 Å². The van der Waals surface area contributed by atoms with Gasteiger partial charge in [0.2, 0.25) is 0 Å². The van der Waals surface area contributed by atoms with Gasteiger partial charge in [0.25, 0.3) is 11.8 Å². The minimum absolute atomic E-state index is 0.154. The Kier molecular flexibility index (Phi) is 4.39. The largest absolute Gasteiger partial charge is 0.355 e. The summed E-state index contributed by atoms with van der Waals surface area (Å²) >= 11 is 0. The molecule has 0 bridgehead atoms. The van der Waals surface area contributed by atoms with E-state index < -0.39 is 6.04 Å². The summed E-state index contributed by atoms with van der Waals surface area (Å²) < 4.78 is 0. The van der Waals surface area contributed by atoms with Crippen molar-refractivity contribution in [3.63, 3.8) is 0 Å². The summed E-state index contributed by atoms with van der Waals surface area (Å²) in [6.45, 7) is 0.874. The highest BCUT2D eigenvalue weighted by Gasteiger charge is 2.47. The molecular formula is C21H21N3O3. The second kappa shape index (κ2) is 6.87. The molecule has 1 unspecified atom stereocenters. The van der Waals surface area contributed by atoms with Crippen LogP contribution in [-0.4, -0.2) is 47.8 Å². The molecule has 2 aromatic carbocycles. The zero-order valence-electron chi connectivity index (χ0n) is 15.1. The van der Waals surface area contributed by atoms with Crippen LogP contribution in [0.5, 0.6) is 0 Å². The minimum atomic E-state index is -0.500. The first-order valence-electron chi connectivity index (χ1n) is 9.11. The molecule has 0 radical (unpaired) electrons. The zero-order chi connectivity index (χ0) is 19.0. The van der Waals surface area contributed by atoms with Crippen molar-refractivity contribution in [1.29, 1.82) is 0 Å². The number of hydrogen-bond donors (Lipinski definition) is 1. The average molecular weight is 363 g/mol. The van der Waals surface area contributed by atoms with Crippen LogP contribution in [0.4, 0.5) is 4.79 Å². The predicted molar refractivity (Wildman–Crippen MR) is 100 cm³/mol. The van der Waals surface area contributed by atoms with E-state index in [1.807, 2.05) is 36.4 Å². The Morgan fingerprint density at radius 2 is 1.96 bits per heavy atom. The lowest BCUT2D eigenvalue weighted by atomic mass is 9.93. The number of imide groups is 1. The van der Waals surface area contributed by atoms with Gasteiger partial charge in [-0.1, -0.05) is 36.4 Å². The maximum absolute atomic E-state index is 13.0. The molecule has 2 aliphatic heterocycles. The van der Waals surface area contributed by atoms with E-state index in [1.54, 1.807) is 24.1 Å². The number of amides is 4. The predicted octanol–water partition coefficient (Wildman–Crippen LogP) is 2.15. The van der Waals surface area contributed by atoms with Crippen LogP contribution in [0.25, 0.3) is 0 Å². The van der Waals surface area contributed by atoms with Crippen molar-refractivity contribution in [2.24, 2.45) is 0 Å². The van der Waals surface area contributed by atoms with E-state index in [0.717, 1.165) is 23.1 Å². The number of rotatable bonds is 4.